The van der Waals surface area contributed by atoms with Crippen LogP contribution in [-0.4, -0.2) is 74.5 Å². The van der Waals surface area contributed by atoms with Crippen LogP contribution in [0.5, 0.6) is 5.88 Å². The maximum Gasteiger partial charge on any atom is 0.226 e. The van der Waals surface area contributed by atoms with Crippen molar-refractivity contribution in [2.24, 2.45) is 15.7 Å². The molecule has 1 aliphatic carbocycles. The van der Waals surface area contributed by atoms with Gasteiger partial charge in [-0.2, -0.15) is 0 Å². The molecule has 3 N–H and O–H groups in total. The van der Waals surface area contributed by atoms with Gasteiger partial charge in [0, 0.05) is 37.5 Å². The first-order valence-corrected chi connectivity index (χ1v) is 15.4. The van der Waals surface area contributed by atoms with E-state index in [1.807, 2.05) is 25.8 Å². The first kappa shape index (κ1) is 32.7. The first-order chi connectivity index (χ1) is 20.2. The highest BCUT2D eigenvalue weighted by Gasteiger charge is 2.31. The van der Waals surface area contributed by atoms with E-state index in [9.17, 15) is 9.00 Å². The zero-order valence-corrected chi connectivity index (χ0v) is 26.2. The fraction of sp³-hybridized carbons (Fsp3) is 0.467. The molecule has 12 heteroatoms. The van der Waals surface area contributed by atoms with E-state index in [-0.39, 0.29) is 25.0 Å². The van der Waals surface area contributed by atoms with Gasteiger partial charge in [-0.3, -0.25) is 19.0 Å². The summed E-state index contributed by atoms with van der Waals surface area (Å²) in [4.78, 5) is 37.5. The molecule has 0 bridgehead atoms. The number of carbonyl (C=O) groups is 1. The van der Waals surface area contributed by atoms with Crippen LogP contribution in [0.3, 0.4) is 0 Å². The average molecular weight is 595 g/mol. The van der Waals surface area contributed by atoms with Crippen molar-refractivity contribution < 1.29 is 13.7 Å². The fourth-order valence-corrected chi connectivity index (χ4v) is 4.84. The number of aldehydes is 1. The van der Waals surface area contributed by atoms with Gasteiger partial charge in [-0.15, -0.1) is 0 Å². The predicted molar refractivity (Wildman–Crippen MR) is 168 cm³/mol. The van der Waals surface area contributed by atoms with E-state index in [0.717, 1.165) is 30.5 Å². The van der Waals surface area contributed by atoms with Crippen molar-refractivity contribution in [2.75, 3.05) is 26.5 Å². The summed E-state index contributed by atoms with van der Waals surface area (Å²) in [6, 6.07) is 3.63. The Balaban J connectivity index is 2.02. The lowest BCUT2D eigenvalue weighted by Crippen LogP contribution is -2.42. The van der Waals surface area contributed by atoms with Crippen LogP contribution in [0, 0.1) is 0 Å². The second-order valence-electron chi connectivity index (χ2n) is 10.1. The Bertz CT molecular complexity index is 1380. The number of pyridine rings is 1. The summed E-state index contributed by atoms with van der Waals surface area (Å²) < 4.78 is 17.6. The van der Waals surface area contributed by atoms with Crippen LogP contribution >= 0.6 is 0 Å². The largest absolute Gasteiger partial charge is 0.480 e. The zero-order valence-electron chi connectivity index (χ0n) is 25.4. The van der Waals surface area contributed by atoms with E-state index in [4.69, 9.17) is 15.5 Å². The topological polar surface area (TPSA) is 148 Å². The van der Waals surface area contributed by atoms with E-state index in [0.29, 0.717) is 57.2 Å². The van der Waals surface area contributed by atoms with E-state index in [1.54, 1.807) is 25.4 Å². The van der Waals surface area contributed by atoms with Gasteiger partial charge >= 0.3 is 0 Å². The molecule has 42 heavy (non-hydrogen) atoms. The van der Waals surface area contributed by atoms with Gasteiger partial charge in [-0.05, 0) is 50.8 Å². The second kappa shape index (κ2) is 15.5. The van der Waals surface area contributed by atoms with Crippen LogP contribution in [0.2, 0.25) is 0 Å². The number of aliphatic imine (C=N–C) groups is 2. The molecule has 0 spiro atoms. The van der Waals surface area contributed by atoms with Crippen molar-refractivity contribution >= 4 is 34.5 Å². The van der Waals surface area contributed by atoms with Gasteiger partial charge in [0.25, 0.3) is 0 Å². The van der Waals surface area contributed by atoms with Crippen LogP contribution in [-0.2, 0) is 22.1 Å². The number of rotatable bonds is 14. The van der Waals surface area contributed by atoms with Crippen molar-refractivity contribution in [3.63, 3.8) is 0 Å². The molecule has 2 aromatic rings. The smallest absolute Gasteiger partial charge is 0.226 e. The van der Waals surface area contributed by atoms with Crippen LogP contribution in [0.1, 0.15) is 69.8 Å². The number of carbonyl (C=O) groups excluding carboxylic acids is 1. The summed E-state index contributed by atoms with van der Waals surface area (Å²) in [5.74, 6) is 1.88. The molecule has 1 saturated carbocycles. The minimum atomic E-state index is -1.09. The van der Waals surface area contributed by atoms with Gasteiger partial charge in [0.05, 0.1) is 57.7 Å². The van der Waals surface area contributed by atoms with Crippen molar-refractivity contribution in [3.8, 4) is 5.88 Å². The Morgan fingerprint density at radius 2 is 2.05 bits per heavy atom. The number of aromatic nitrogens is 3. The lowest BCUT2D eigenvalue weighted by atomic mass is 10.1. The van der Waals surface area contributed by atoms with Crippen molar-refractivity contribution in [1.29, 1.82) is 0 Å². The van der Waals surface area contributed by atoms with Crippen molar-refractivity contribution in [1.82, 2.24) is 25.2 Å². The molecule has 2 atom stereocenters. The lowest BCUT2D eigenvalue weighted by Gasteiger charge is -2.30. The summed E-state index contributed by atoms with van der Waals surface area (Å²) in [7, 11) is 2.42. The van der Waals surface area contributed by atoms with Crippen molar-refractivity contribution in [2.45, 2.75) is 70.4 Å². The van der Waals surface area contributed by atoms with Crippen molar-refractivity contribution in [3.05, 3.63) is 59.5 Å². The van der Waals surface area contributed by atoms with E-state index in [1.165, 1.54) is 6.33 Å². The molecule has 11 nitrogen and oxygen atoms in total. The quantitative estimate of drug-likeness (QED) is 0.190. The molecule has 0 aromatic carbocycles. The van der Waals surface area contributed by atoms with Gasteiger partial charge in [0.15, 0.2) is 18.0 Å². The third-order valence-electron chi connectivity index (χ3n) is 7.17. The molecule has 0 aliphatic heterocycles. The minimum absolute atomic E-state index is 0.0935. The zero-order chi connectivity index (χ0) is 30.8. The van der Waals surface area contributed by atoms with Gasteiger partial charge in [0.2, 0.25) is 5.88 Å². The molecule has 1 unspecified atom stereocenters. The third kappa shape index (κ3) is 8.16. The minimum Gasteiger partial charge on any atom is -0.480 e. The standard InChI is InChI=1S/C30H42N8O3S/c1-8-20(4)38(6)29(36-21(5)26-28(22-10-11-22)34-18-35-30(26)41-7)27(19(3)14-31)37-25(17-39)33-15-23-12-13-24(16-32-23)42(40)9-2/h12-13,16-18,20,22H,5,8-11,14-15,31H2,1-4,6-7H3,(H,33,37)/b27-19-,36-29?/t20-,42?/m1/s1. The van der Waals surface area contributed by atoms with E-state index in [2.05, 4.69) is 45.7 Å². The molecule has 1 aliphatic rings. The summed E-state index contributed by atoms with van der Waals surface area (Å²) in [5, 5.41) is 3.19. The molecule has 1 fully saturated rings. The maximum absolute atomic E-state index is 12.2. The van der Waals surface area contributed by atoms with E-state index >= 15 is 0 Å². The lowest BCUT2D eigenvalue weighted by molar-refractivity contribution is -0.102. The number of nitrogens with two attached hydrogens (primary N) is 1. The van der Waals surface area contributed by atoms with Gasteiger partial charge in [0.1, 0.15) is 6.33 Å². The van der Waals surface area contributed by atoms with Gasteiger partial charge < -0.3 is 20.7 Å². The number of likely N-dealkylation sites (N-methyl/N-ethyl adjacent to an activating group) is 1. The van der Waals surface area contributed by atoms with Gasteiger partial charge in [-0.25, -0.2) is 15.0 Å². The molecule has 2 heterocycles. The van der Waals surface area contributed by atoms with Crippen LogP contribution in [0.15, 0.2) is 57.4 Å². The Labute approximate surface area is 251 Å². The SMILES string of the molecule is C=C(N=C(/C(NC(C=O)=NCc1ccc(S(=O)CC)cn1)=C(\C)CN)N(C)[C@H](C)CC)c1c(OC)ncnc1C1CC1. The van der Waals surface area contributed by atoms with Gasteiger partial charge in [-0.1, -0.05) is 20.4 Å². The molecular weight excluding hydrogens is 552 g/mol. The number of nitrogens with one attached hydrogen (secondary N) is 1. The Hall–Kier alpha value is -3.77. The van der Waals surface area contributed by atoms with E-state index < -0.39 is 10.8 Å². The Morgan fingerprint density at radius 3 is 2.60 bits per heavy atom. The molecular formula is C30H42N8O3S. The molecule has 3 rings (SSSR count). The molecule has 0 saturated heterocycles. The van der Waals surface area contributed by atoms with Crippen LogP contribution in [0.25, 0.3) is 5.70 Å². The molecule has 0 amide bonds. The highest BCUT2D eigenvalue weighted by molar-refractivity contribution is 7.85. The molecule has 2 aromatic heterocycles. The number of nitrogens with zero attached hydrogens (tertiary/aromatic N) is 6. The summed E-state index contributed by atoms with van der Waals surface area (Å²) >= 11 is 0. The maximum atomic E-state index is 12.2. The highest BCUT2D eigenvalue weighted by Crippen LogP contribution is 2.44. The average Bonchev–Trinajstić information content (AvgIpc) is 3.88. The number of hydrogen-bond donors (Lipinski definition) is 2. The number of methoxy groups -OCH3 is 1. The summed E-state index contributed by atoms with van der Waals surface area (Å²) in [5.41, 5.74) is 10.1. The monoisotopic (exact) mass is 594 g/mol. The Morgan fingerprint density at radius 1 is 1.31 bits per heavy atom. The summed E-state index contributed by atoms with van der Waals surface area (Å²) in [6.45, 7) is 12.6. The van der Waals surface area contributed by atoms with Crippen LogP contribution in [0.4, 0.5) is 0 Å². The fourth-order valence-electron chi connectivity index (χ4n) is 4.11. The second-order valence-corrected chi connectivity index (χ2v) is 11.8. The highest BCUT2D eigenvalue weighted by atomic mass is 32.2. The third-order valence-corrected chi connectivity index (χ3v) is 8.46. The number of amidine groups is 2. The normalized spacial score (nSPS) is 15.9. The Kier molecular flexibility index (Phi) is 12.0. The molecule has 226 valence electrons. The number of ether oxygens (including phenoxy) is 1. The van der Waals surface area contributed by atoms with Crippen LogP contribution < -0.4 is 15.8 Å². The predicted octanol–water partition coefficient (Wildman–Crippen LogP) is 3.60. The summed E-state index contributed by atoms with van der Waals surface area (Å²) in [6.07, 6.45) is 6.66. The number of hydrogen-bond acceptors (Lipinski definition) is 9. The molecule has 0 radical (unpaired) electrons. The first-order valence-electron chi connectivity index (χ1n) is 14.1.